The molecule has 0 bridgehead atoms. The summed E-state index contributed by atoms with van der Waals surface area (Å²) >= 11 is 0. The fourth-order valence-electron chi connectivity index (χ4n) is 4.33. The van der Waals surface area contributed by atoms with Crippen LogP contribution in [0.2, 0.25) is 0 Å². The molecule has 0 spiro atoms. The SMILES string of the molecule is FC(F)(F)c1ccnc(NC2CCC(Oc3nc(N4CCOCC4)cc4ncccc34)CC2)n1. The molecular weight excluding hydrogens is 449 g/mol. The van der Waals surface area contributed by atoms with Crippen molar-refractivity contribution in [3.05, 3.63) is 42.4 Å². The number of ether oxygens (including phenoxy) is 2. The van der Waals surface area contributed by atoms with Gasteiger partial charge in [-0.15, -0.1) is 0 Å². The summed E-state index contributed by atoms with van der Waals surface area (Å²) in [4.78, 5) is 19.0. The highest BCUT2D eigenvalue weighted by Crippen LogP contribution is 2.32. The molecule has 0 unspecified atom stereocenters. The maximum Gasteiger partial charge on any atom is 0.433 e. The van der Waals surface area contributed by atoms with Crippen LogP contribution in [-0.4, -0.2) is 58.4 Å². The standard InChI is InChI=1S/C23H25F3N6O2/c24-23(25,26)19-7-9-28-22(30-19)29-15-3-5-16(6-4-15)34-21-17-2-1-8-27-18(17)14-20(31-21)32-10-12-33-13-11-32/h1-2,7-9,14-16H,3-6,10-13H2,(H,28,29,30). The molecular formula is C23H25F3N6O2. The molecule has 8 nitrogen and oxygen atoms in total. The molecule has 4 heterocycles. The first kappa shape index (κ1) is 22.6. The lowest BCUT2D eigenvalue weighted by Gasteiger charge is -2.31. The number of nitrogens with zero attached hydrogens (tertiary/aromatic N) is 5. The van der Waals surface area contributed by atoms with E-state index in [1.807, 2.05) is 18.2 Å². The first-order valence-corrected chi connectivity index (χ1v) is 11.4. The van der Waals surface area contributed by atoms with Crippen molar-refractivity contribution in [1.82, 2.24) is 19.9 Å². The lowest BCUT2D eigenvalue weighted by atomic mass is 9.93. The summed E-state index contributed by atoms with van der Waals surface area (Å²) in [5, 5.41) is 3.90. The Kier molecular flexibility index (Phi) is 6.36. The van der Waals surface area contributed by atoms with Crippen molar-refractivity contribution in [3.8, 4) is 5.88 Å². The van der Waals surface area contributed by atoms with Gasteiger partial charge >= 0.3 is 6.18 Å². The van der Waals surface area contributed by atoms with Gasteiger partial charge in [-0.25, -0.2) is 9.97 Å². The Balaban J connectivity index is 1.25. The van der Waals surface area contributed by atoms with Gasteiger partial charge in [0.15, 0.2) is 0 Å². The fourth-order valence-corrected chi connectivity index (χ4v) is 4.33. The monoisotopic (exact) mass is 474 g/mol. The van der Waals surface area contributed by atoms with Crippen LogP contribution in [0.4, 0.5) is 24.9 Å². The van der Waals surface area contributed by atoms with Gasteiger partial charge < -0.3 is 19.7 Å². The molecule has 34 heavy (non-hydrogen) atoms. The van der Waals surface area contributed by atoms with Gasteiger partial charge in [0.2, 0.25) is 11.8 Å². The molecule has 1 aliphatic heterocycles. The Morgan fingerprint density at radius 3 is 2.56 bits per heavy atom. The molecule has 1 aliphatic carbocycles. The van der Waals surface area contributed by atoms with Gasteiger partial charge in [0, 0.05) is 37.6 Å². The summed E-state index contributed by atoms with van der Waals surface area (Å²) in [5.41, 5.74) is -0.125. The van der Waals surface area contributed by atoms with E-state index in [1.54, 1.807) is 6.20 Å². The zero-order chi connectivity index (χ0) is 23.5. The van der Waals surface area contributed by atoms with Crippen LogP contribution < -0.4 is 15.0 Å². The predicted molar refractivity (Wildman–Crippen MR) is 120 cm³/mol. The number of rotatable bonds is 5. The van der Waals surface area contributed by atoms with Crippen LogP contribution in [0.25, 0.3) is 10.9 Å². The predicted octanol–water partition coefficient (Wildman–Crippen LogP) is 4.08. The van der Waals surface area contributed by atoms with E-state index < -0.39 is 11.9 Å². The average molecular weight is 474 g/mol. The van der Waals surface area contributed by atoms with E-state index in [9.17, 15) is 13.2 Å². The summed E-state index contributed by atoms with van der Waals surface area (Å²) in [5.74, 6) is 1.38. The van der Waals surface area contributed by atoms with E-state index in [-0.39, 0.29) is 18.1 Å². The maximum atomic E-state index is 12.9. The van der Waals surface area contributed by atoms with Crippen molar-refractivity contribution in [2.45, 2.75) is 44.0 Å². The van der Waals surface area contributed by atoms with Gasteiger partial charge in [0.1, 0.15) is 17.6 Å². The normalized spacial score (nSPS) is 21.4. The van der Waals surface area contributed by atoms with Crippen LogP contribution in [0.5, 0.6) is 5.88 Å². The average Bonchev–Trinajstić information content (AvgIpc) is 2.85. The summed E-state index contributed by atoms with van der Waals surface area (Å²) < 4.78 is 50.5. The van der Waals surface area contributed by atoms with Crippen LogP contribution in [0.15, 0.2) is 36.7 Å². The van der Waals surface area contributed by atoms with E-state index in [1.165, 1.54) is 0 Å². The molecule has 0 aromatic carbocycles. The molecule has 1 saturated carbocycles. The Morgan fingerprint density at radius 2 is 1.79 bits per heavy atom. The number of pyridine rings is 2. The van der Waals surface area contributed by atoms with E-state index in [0.717, 1.165) is 67.8 Å². The highest BCUT2D eigenvalue weighted by atomic mass is 19.4. The van der Waals surface area contributed by atoms with Gasteiger partial charge in [-0.1, -0.05) is 0 Å². The van der Waals surface area contributed by atoms with Crippen LogP contribution in [0, 0.1) is 0 Å². The minimum atomic E-state index is -4.49. The Labute approximate surface area is 194 Å². The second kappa shape index (κ2) is 9.57. The van der Waals surface area contributed by atoms with Crippen molar-refractivity contribution in [2.75, 3.05) is 36.5 Å². The number of alkyl halides is 3. The second-order valence-corrected chi connectivity index (χ2v) is 8.45. The third-order valence-electron chi connectivity index (χ3n) is 6.12. The van der Waals surface area contributed by atoms with Crippen molar-refractivity contribution in [2.24, 2.45) is 0 Å². The third kappa shape index (κ3) is 5.14. The molecule has 2 aliphatic rings. The van der Waals surface area contributed by atoms with Crippen molar-refractivity contribution in [3.63, 3.8) is 0 Å². The minimum absolute atomic E-state index is 0.00357. The molecule has 0 atom stereocenters. The fraction of sp³-hybridized carbons (Fsp3) is 0.478. The minimum Gasteiger partial charge on any atom is -0.474 e. The van der Waals surface area contributed by atoms with Crippen molar-refractivity contribution < 1.29 is 22.6 Å². The zero-order valence-electron chi connectivity index (χ0n) is 18.5. The van der Waals surface area contributed by atoms with Gasteiger partial charge in [-0.2, -0.15) is 18.2 Å². The van der Waals surface area contributed by atoms with E-state index in [0.29, 0.717) is 19.1 Å². The molecule has 11 heteroatoms. The highest BCUT2D eigenvalue weighted by molar-refractivity contribution is 5.85. The number of anilines is 2. The Morgan fingerprint density at radius 1 is 1.00 bits per heavy atom. The van der Waals surface area contributed by atoms with Crippen molar-refractivity contribution in [1.29, 1.82) is 0 Å². The van der Waals surface area contributed by atoms with Gasteiger partial charge in [-0.05, 0) is 43.9 Å². The molecule has 2 fully saturated rings. The van der Waals surface area contributed by atoms with Crippen molar-refractivity contribution >= 4 is 22.7 Å². The topological polar surface area (TPSA) is 85.3 Å². The molecule has 1 saturated heterocycles. The number of fused-ring (bicyclic) bond motifs is 1. The number of morpholine rings is 1. The third-order valence-corrected chi connectivity index (χ3v) is 6.12. The lowest BCUT2D eigenvalue weighted by Crippen LogP contribution is -2.37. The quantitative estimate of drug-likeness (QED) is 0.592. The molecule has 1 N–H and O–H groups in total. The summed E-state index contributed by atoms with van der Waals surface area (Å²) in [6, 6.07) is 6.64. The number of nitrogens with one attached hydrogen (secondary N) is 1. The molecule has 5 rings (SSSR count). The highest BCUT2D eigenvalue weighted by Gasteiger charge is 2.33. The smallest absolute Gasteiger partial charge is 0.433 e. The van der Waals surface area contributed by atoms with Crippen LogP contribution in [0.1, 0.15) is 31.4 Å². The maximum absolute atomic E-state index is 12.9. The zero-order valence-corrected chi connectivity index (χ0v) is 18.5. The van der Waals surface area contributed by atoms with Gasteiger partial charge in [0.25, 0.3) is 0 Å². The Hall–Kier alpha value is -3.21. The summed E-state index contributed by atoms with van der Waals surface area (Å²) in [7, 11) is 0. The molecule has 3 aromatic rings. The van der Waals surface area contributed by atoms with E-state index >= 15 is 0 Å². The van der Waals surface area contributed by atoms with Crippen LogP contribution >= 0.6 is 0 Å². The molecule has 0 amide bonds. The van der Waals surface area contributed by atoms with E-state index in [4.69, 9.17) is 14.5 Å². The number of hydrogen-bond donors (Lipinski definition) is 1. The number of hydrogen-bond acceptors (Lipinski definition) is 8. The Bertz CT molecular complexity index is 1130. The van der Waals surface area contributed by atoms with E-state index in [2.05, 4.69) is 25.2 Å². The molecule has 0 radical (unpaired) electrons. The van der Waals surface area contributed by atoms with Gasteiger partial charge in [0.05, 0.1) is 24.1 Å². The summed E-state index contributed by atoms with van der Waals surface area (Å²) in [6.45, 7) is 2.84. The molecule has 3 aromatic heterocycles. The summed E-state index contributed by atoms with van der Waals surface area (Å²) in [6.07, 6.45) is 1.26. The van der Waals surface area contributed by atoms with Gasteiger partial charge in [-0.3, -0.25) is 4.98 Å². The first-order chi connectivity index (χ1) is 16.5. The molecule has 180 valence electrons. The number of aromatic nitrogens is 4. The van der Waals surface area contributed by atoms with Crippen LogP contribution in [0.3, 0.4) is 0 Å². The lowest BCUT2D eigenvalue weighted by molar-refractivity contribution is -0.141. The first-order valence-electron chi connectivity index (χ1n) is 11.4. The largest absolute Gasteiger partial charge is 0.474 e. The second-order valence-electron chi connectivity index (χ2n) is 8.45. The number of halogens is 3. The van der Waals surface area contributed by atoms with Crippen LogP contribution in [-0.2, 0) is 10.9 Å².